The van der Waals surface area contributed by atoms with Crippen molar-refractivity contribution in [2.75, 3.05) is 18.4 Å². The van der Waals surface area contributed by atoms with Gasteiger partial charge in [0.1, 0.15) is 0 Å². The molecule has 0 aromatic heterocycles. The molecule has 1 aromatic rings. The van der Waals surface area contributed by atoms with Gasteiger partial charge in [-0.05, 0) is 50.2 Å². The van der Waals surface area contributed by atoms with E-state index in [2.05, 4.69) is 17.6 Å². The average molecular weight is 290 g/mol. The molecule has 1 aromatic carbocycles. The Balaban J connectivity index is 2.26. The van der Waals surface area contributed by atoms with Gasteiger partial charge in [0, 0.05) is 24.1 Å². The molecule has 0 fully saturated rings. The highest BCUT2D eigenvalue weighted by Gasteiger charge is 2.05. The molecule has 0 aliphatic rings. The summed E-state index contributed by atoms with van der Waals surface area (Å²) >= 11 is 0. The van der Waals surface area contributed by atoms with Gasteiger partial charge in [-0.1, -0.05) is 20.3 Å². The predicted molar refractivity (Wildman–Crippen MR) is 86.7 cm³/mol. The topological polar surface area (TPSA) is 58.2 Å². The van der Waals surface area contributed by atoms with Gasteiger partial charge in [-0.3, -0.25) is 9.59 Å². The van der Waals surface area contributed by atoms with Crippen molar-refractivity contribution >= 4 is 17.4 Å². The fourth-order valence-electron chi connectivity index (χ4n) is 2.06. The molecular formula is C17H26N2O2. The van der Waals surface area contributed by atoms with E-state index in [1.807, 2.05) is 6.92 Å². The van der Waals surface area contributed by atoms with Crippen LogP contribution in [0, 0.1) is 0 Å². The van der Waals surface area contributed by atoms with Gasteiger partial charge in [0.15, 0.2) is 5.78 Å². The lowest BCUT2D eigenvalue weighted by Crippen LogP contribution is -2.14. The molecule has 1 rings (SSSR count). The number of ketones is 1. The van der Waals surface area contributed by atoms with Gasteiger partial charge >= 0.3 is 0 Å². The Morgan fingerprint density at radius 1 is 1.00 bits per heavy atom. The minimum Gasteiger partial charge on any atom is -0.326 e. The van der Waals surface area contributed by atoms with Crippen molar-refractivity contribution < 1.29 is 9.59 Å². The van der Waals surface area contributed by atoms with E-state index in [0.717, 1.165) is 38.0 Å². The maximum absolute atomic E-state index is 11.8. The summed E-state index contributed by atoms with van der Waals surface area (Å²) in [4.78, 5) is 23.3. The zero-order valence-corrected chi connectivity index (χ0v) is 13.1. The zero-order valence-electron chi connectivity index (χ0n) is 13.1. The van der Waals surface area contributed by atoms with E-state index in [9.17, 15) is 9.59 Å². The second-order valence-corrected chi connectivity index (χ2v) is 5.07. The van der Waals surface area contributed by atoms with Crippen molar-refractivity contribution in [3.63, 3.8) is 0 Å². The molecule has 0 atom stereocenters. The first-order valence-corrected chi connectivity index (χ1v) is 7.81. The normalized spacial score (nSPS) is 10.4. The summed E-state index contributed by atoms with van der Waals surface area (Å²) in [5, 5.41) is 6.13. The lowest BCUT2D eigenvalue weighted by molar-refractivity contribution is -0.116. The summed E-state index contributed by atoms with van der Waals surface area (Å²) in [6.07, 6.45) is 4.11. The van der Waals surface area contributed by atoms with Crippen LogP contribution in [0.3, 0.4) is 0 Å². The van der Waals surface area contributed by atoms with Crippen LogP contribution >= 0.6 is 0 Å². The molecule has 0 spiro atoms. The first-order chi connectivity index (χ1) is 10.2. The third kappa shape index (κ3) is 7.04. The third-order valence-electron chi connectivity index (χ3n) is 3.32. The van der Waals surface area contributed by atoms with Crippen molar-refractivity contribution in [2.45, 2.75) is 46.0 Å². The Morgan fingerprint density at radius 2 is 1.71 bits per heavy atom. The number of unbranched alkanes of at least 4 members (excludes halogenated alkanes) is 2. The second-order valence-electron chi connectivity index (χ2n) is 5.07. The van der Waals surface area contributed by atoms with Crippen molar-refractivity contribution in [3.8, 4) is 0 Å². The molecule has 2 N–H and O–H groups in total. The first kappa shape index (κ1) is 17.4. The highest BCUT2D eigenvalue weighted by atomic mass is 16.1. The first-order valence-electron chi connectivity index (χ1n) is 7.81. The summed E-state index contributed by atoms with van der Waals surface area (Å²) in [7, 11) is 0. The maximum Gasteiger partial charge on any atom is 0.224 e. The largest absolute Gasteiger partial charge is 0.326 e. The number of rotatable bonds is 10. The Morgan fingerprint density at radius 3 is 2.33 bits per heavy atom. The smallest absolute Gasteiger partial charge is 0.224 e. The minimum absolute atomic E-state index is 0.0352. The van der Waals surface area contributed by atoms with Gasteiger partial charge in [-0.25, -0.2) is 0 Å². The third-order valence-corrected chi connectivity index (χ3v) is 3.32. The van der Waals surface area contributed by atoms with Gasteiger partial charge in [-0.15, -0.1) is 0 Å². The molecular weight excluding hydrogens is 264 g/mol. The Labute approximate surface area is 127 Å². The lowest BCUT2D eigenvalue weighted by atomic mass is 10.1. The van der Waals surface area contributed by atoms with E-state index in [4.69, 9.17) is 0 Å². The van der Waals surface area contributed by atoms with Crippen molar-refractivity contribution in [1.29, 1.82) is 0 Å². The zero-order chi connectivity index (χ0) is 15.5. The number of carbonyl (C=O) groups is 2. The molecule has 4 nitrogen and oxygen atoms in total. The molecule has 0 radical (unpaired) electrons. The van der Waals surface area contributed by atoms with Crippen LogP contribution in [0.4, 0.5) is 5.69 Å². The fraction of sp³-hybridized carbons (Fsp3) is 0.529. The Kier molecular flexibility index (Phi) is 8.36. The van der Waals surface area contributed by atoms with E-state index < -0.39 is 0 Å². The van der Waals surface area contributed by atoms with Crippen LogP contribution in [0.25, 0.3) is 0 Å². The van der Waals surface area contributed by atoms with Gasteiger partial charge in [0.05, 0.1) is 0 Å². The fourth-order valence-corrected chi connectivity index (χ4v) is 2.06. The van der Waals surface area contributed by atoms with E-state index >= 15 is 0 Å². The molecule has 0 bridgehead atoms. The summed E-state index contributed by atoms with van der Waals surface area (Å²) in [5.74, 6) is 0.154. The van der Waals surface area contributed by atoms with Crippen molar-refractivity contribution in [1.82, 2.24) is 5.32 Å². The molecule has 0 unspecified atom stereocenters. The number of hydrogen-bond donors (Lipinski definition) is 2. The summed E-state index contributed by atoms with van der Waals surface area (Å²) < 4.78 is 0. The highest BCUT2D eigenvalue weighted by molar-refractivity contribution is 5.97. The molecule has 21 heavy (non-hydrogen) atoms. The number of carbonyl (C=O) groups excluding carboxylic acids is 2. The Hall–Kier alpha value is -1.68. The van der Waals surface area contributed by atoms with Crippen LogP contribution < -0.4 is 10.6 Å². The molecule has 116 valence electrons. The SMILES string of the molecule is CCNCCCCCC(=O)Nc1ccc(C(=O)CC)cc1. The van der Waals surface area contributed by atoms with E-state index in [1.54, 1.807) is 24.3 Å². The van der Waals surface area contributed by atoms with Crippen molar-refractivity contribution in [3.05, 3.63) is 29.8 Å². The van der Waals surface area contributed by atoms with Crippen LogP contribution in [0.5, 0.6) is 0 Å². The van der Waals surface area contributed by atoms with Crippen molar-refractivity contribution in [2.24, 2.45) is 0 Å². The number of benzene rings is 1. The summed E-state index contributed by atoms with van der Waals surface area (Å²) in [5.41, 5.74) is 1.44. The predicted octanol–water partition coefficient (Wildman–Crippen LogP) is 3.39. The molecule has 0 heterocycles. The number of amides is 1. The molecule has 0 saturated carbocycles. The van der Waals surface area contributed by atoms with E-state index in [0.29, 0.717) is 18.4 Å². The number of Topliss-reactive ketones (excluding diaryl/α,β-unsaturated/α-hetero) is 1. The molecule has 1 amide bonds. The number of nitrogens with one attached hydrogen (secondary N) is 2. The molecule has 0 aliphatic carbocycles. The highest BCUT2D eigenvalue weighted by Crippen LogP contribution is 2.12. The summed E-state index contributed by atoms with van der Waals surface area (Å²) in [6, 6.07) is 7.09. The standard InChI is InChI=1S/C17H26N2O2/c1-3-16(20)14-9-11-15(12-10-14)19-17(21)8-6-5-7-13-18-4-2/h9-12,18H,3-8,13H2,1-2H3,(H,19,21). The van der Waals surface area contributed by atoms with Gasteiger partial charge in [0.25, 0.3) is 0 Å². The van der Waals surface area contributed by atoms with Crippen LogP contribution in [-0.4, -0.2) is 24.8 Å². The van der Waals surface area contributed by atoms with Crippen LogP contribution in [0.2, 0.25) is 0 Å². The summed E-state index contributed by atoms with van der Waals surface area (Å²) in [6.45, 7) is 5.95. The van der Waals surface area contributed by atoms with Gasteiger partial charge in [-0.2, -0.15) is 0 Å². The Bertz CT molecular complexity index is 441. The molecule has 0 saturated heterocycles. The van der Waals surface area contributed by atoms with Gasteiger partial charge in [0.2, 0.25) is 5.91 Å². The minimum atomic E-state index is 0.0352. The monoisotopic (exact) mass is 290 g/mol. The van der Waals surface area contributed by atoms with E-state index in [1.165, 1.54) is 0 Å². The average Bonchev–Trinajstić information content (AvgIpc) is 2.50. The second kappa shape index (κ2) is 10.1. The van der Waals surface area contributed by atoms with Crippen LogP contribution in [0.15, 0.2) is 24.3 Å². The number of hydrogen-bond acceptors (Lipinski definition) is 3. The maximum atomic E-state index is 11.8. The van der Waals surface area contributed by atoms with E-state index in [-0.39, 0.29) is 11.7 Å². The van der Waals surface area contributed by atoms with Crippen LogP contribution in [0.1, 0.15) is 56.3 Å². The molecule has 0 aliphatic heterocycles. The van der Waals surface area contributed by atoms with Crippen LogP contribution in [-0.2, 0) is 4.79 Å². The van der Waals surface area contributed by atoms with Gasteiger partial charge < -0.3 is 10.6 Å². The quantitative estimate of drug-likeness (QED) is 0.513. The molecule has 4 heteroatoms. The lowest BCUT2D eigenvalue weighted by Gasteiger charge is -2.06. The number of anilines is 1.